The highest BCUT2D eigenvalue weighted by molar-refractivity contribution is 5.94. The molecular formula is C24H22N4O. The van der Waals surface area contributed by atoms with Crippen LogP contribution in [0.5, 0.6) is 0 Å². The lowest BCUT2D eigenvalue weighted by atomic mass is 9.94. The number of aromatic nitrogens is 2. The standard InChI is InChI=1S/C24H22N4O/c29-24(26-15-23-20-8-4-3-6-17(20)11-12-25-23)22-14-21(27-28-22)19-10-9-16-5-1-2-7-18(16)13-19/h1-10,13-14,23,25H,11-12,15H2,(H,26,29)(H,27,28). The van der Waals surface area contributed by atoms with Crippen LogP contribution in [-0.2, 0) is 6.42 Å². The Morgan fingerprint density at radius 3 is 2.76 bits per heavy atom. The van der Waals surface area contributed by atoms with Crippen molar-refractivity contribution >= 4 is 16.7 Å². The summed E-state index contributed by atoms with van der Waals surface area (Å²) >= 11 is 0. The van der Waals surface area contributed by atoms with Gasteiger partial charge < -0.3 is 10.6 Å². The number of aromatic amines is 1. The van der Waals surface area contributed by atoms with E-state index in [1.165, 1.54) is 16.5 Å². The SMILES string of the molecule is O=C(NCC1NCCc2ccccc21)c1cc(-c2ccc3ccccc3c2)n[nH]1. The minimum absolute atomic E-state index is 0.131. The highest BCUT2D eigenvalue weighted by Crippen LogP contribution is 2.24. The summed E-state index contributed by atoms with van der Waals surface area (Å²) in [5.74, 6) is -0.144. The van der Waals surface area contributed by atoms with Crippen LogP contribution in [0.3, 0.4) is 0 Å². The molecule has 4 aromatic rings. The Morgan fingerprint density at radius 1 is 1.00 bits per heavy atom. The number of nitrogens with one attached hydrogen (secondary N) is 3. The van der Waals surface area contributed by atoms with Crippen molar-refractivity contribution in [3.63, 3.8) is 0 Å². The number of amides is 1. The van der Waals surface area contributed by atoms with Gasteiger partial charge in [0.15, 0.2) is 0 Å². The first-order valence-corrected chi connectivity index (χ1v) is 9.92. The number of carbonyl (C=O) groups is 1. The summed E-state index contributed by atoms with van der Waals surface area (Å²) < 4.78 is 0. The minimum Gasteiger partial charge on any atom is -0.349 e. The fraction of sp³-hybridized carbons (Fsp3) is 0.167. The van der Waals surface area contributed by atoms with Crippen molar-refractivity contribution in [1.82, 2.24) is 20.8 Å². The van der Waals surface area contributed by atoms with Crippen LogP contribution in [-0.4, -0.2) is 29.2 Å². The van der Waals surface area contributed by atoms with Gasteiger partial charge in [0.05, 0.1) is 5.69 Å². The van der Waals surface area contributed by atoms with Gasteiger partial charge in [-0.05, 0) is 47.0 Å². The van der Waals surface area contributed by atoms with E-state index < -0.39 is 0 Å². The topological polar surface area (TPSA) is 69.8 Å². The van der Waals surface area contributed by atoms with Crippen molar-refractivity contribution in [1.29, 1.82) is 0 Å². The summed E-state index contributed by atoms with van der Waals surface area (Å²) in [6, 6.07) is 24.8. The zero-order valence-corrected chi connectivity index (χ0v) is 16.0. The van der Waals surface area contributed by atoms with E-state index in [1.807, 2.05) is 30.3 Å². The third-order valence-electron chi connectivity index (χ3n) is 5.55. The largest absolute Gasteiger partial charge is 0.349 e. The van der Waals surface area contributed by atoms with Gasteiger partial charge in [0.1, 0.15) is 5.69 Å². The molecule has 5 heteroatoms. The molecule has 0 aliphatic carbocycles. The smallest absolute Gasteiger partial charge is 0.269 e. The molecule has 3 N–H and O–H groups in total. The van der Waals surface area contributed by atoms with Gasteiger partial charge in [0, 0.05) is 18.2 Å². The zero-order chi connectivity index (χ0) is 19.6. The Bertz CT molecular complexity index is 1180. The lowest BCUT2D eigenvalue weighted by Gasteiger charge is -2.27. The molecule has 144 valence electrons. The van der Waals surface area contributed by atoms with Gasteiger partial charge in [0.2, 0.25) is 0 Å². The van der Waals surface area contributed by atoms with Crippen molar-refractivity contribution in [2.45, 2.75) is 12.5 Å². The van der Waals surface area contributed by atoms with Crippen molar-refractivity contribution in [3.05, 3.63) is 89.6 Å². The number of hydrogen-bond acceptors (Lipinski definition) is 3. The summed E-state index contributed by atoms with van der Waals surface area (Å²) in [7, 11) is 0. The predicted octanol–water partition coefficient (Wildman–Crippen LogP) is 3.85. The van der Waals surface area contributed by atoms with Gasteiger partial charge in [-0.25, -0.2) is 0 Å². The molecule has 1 aliphatic rings. The van der Waals surface area contributed by atoms with Crippen molar-refractivity contribution < 1.29 is 4.79 Å². The monoisotopic (exact) mass is 382 g/mol. The minimum atomic E-state index is -0.144. The van der Waals surface area contributed by atoms with Crippen LogP contribution in [0.1, 0.15) is 27.7 Å². The molecule has 0 fully saturated rings. The predicted molar refractivity (Wildman–Crippen MR) is 115 cm³/mol. The first-order chi connectivity index (χ1) is 14.3. The molecule has 1 aliphatic heterocycles. The van der Waals surface area contributed by atoms with Crippen LogP contribution in [0.25, 0.3) is 22.0 Å². The Labute approximate surface area is 169 Å². The van der Waals surface area contributed by atoms with E-state index in [0.717, 1.165) is 29.6 Å². The van der Waals surface area contributed by atoms with Crippen LogP contribution in [0, 0.1) is 0 Å². The Morgan fingerprint density at radius 2 is 1.83 bits per heavy atom. The van der Waals surface area contributed by atoms with E-state index in [4.69, 9.17) is 0 Å². The molecule has 1 unspecified atom stereocenters. The van der Waals surface area contributed by atoms with Gasteiger partial charge in [-0.3, -0.25) is 9.89 Å². The molecule has 3 aromatic carbocycles. The third kappa shape index (κ3) is 3.52. The average molecular weight is 382 g/mol. The number of benzene rings is 3. The zero-order valence-electron chi connectivity index (χ0n) is 16.0. The first kappa shape index (κ1) is 17.6. The number of H-pyrrole nitrogens is 1. The maximum atomic E-state index is 12.6. The molecule has 5 rings (SSSR count). The second-order valence-corrected chi connectivity index (χ2v) is 7.39. The molecule has 5 nitrogen and oxygen atoms in total. The van der Waals surface area contributed by atoms with E-state index in [-0.39, 0.29) is 11.9 Å². The van der Waals surface area contributed by atoms with Gasteiger partial charge >= 0.3 is 0 Å². The normalized spacial score (nSPS) is 15.8. The maximum absolute atomic E-state index is 12.6. The lowest BCUT2D eigenvalue weighted by molar-refractivity contribution is 0.0944. The van der Waals surface area contributed by atoms with Crippen LogP contribution in [0.4, 0.5) is 0 Å². The number of carbonyl (C=O) groups excluding carboxylic acids is 1. The number of fused-ring (bicyclic) bond motifs is 2. The summed E-state index contributed by atoms with van der Waals surface area (Å²) in [5, 5.41) is 16.1. The number of nitrogens with zero attached hydrogens (tertiary/aromatic N) is 1. The molecule has 29 heavy (non-hydrogen) atoms. The maximum Gasteiger partial charge on any atom is 0.269 e. The fourth-order valence-corrected chi connectivity index (χ4v) is 4.00. The summed E-state index contributed by atoms with van der Waals surface area (Å²) in [6.45, 7) is 1.47. The van der Waals surface area contributed by atoms with E-state index in [0.29, 0.717) is 12.2 Å². The Balaban J connectivity index is 1.30. The summed E-state index contributed by atoms with van der Waals surface area (Å²) in [6.07, 6.45) is 1.02. The fourth-order valence-electron chi connectivity index (χ4n) is 4.00. The third-order valence-corrected chi connectivity index (χ3v) is 5.55. The molecule has 1 atom stereocenters. The highest BCUT2D eigenvalue weighted by Gasteiger charge is 2.20. The first-order valence-electron chi connectivity index (χ1n) is 9.92. The van der Waals surface area contributed by atoms with Crippen LogP contribution in [0.15, 0.2) is 72.8 Å². The highest BCUT2D eigenvalue weighted by atomic mass is 16.1. The van der Waals surface area contributed by atoms with Crippen LogP contribution < -0.4 is 10.6 Å². The quantitative estimate of drug-likeness (QED) is 0.502. The van der Waals surface area contributed by atoms with E-state index in [1.54, 1.807) is 0 Å². The molecule has 1 aromatic heterocycles. The van der Waals surface area contributed by atoms with Crippen LogP contribution >= 0.6 is 0 Å². The molecular weight excluding hydrogens is 360 g/mol. The molecule has 0 radical (unpaired) electrons. The second kappa shape index (κ2) is 7.53. The number of rotatable bonds is 4. The van der Waals surface area contributed by atoms with Gasteiger partial charge in [-0.15, -0.1) is 0 Å². The molecule has 2 heterocycles. The lowest BCUT2D eigenvalue weighted by Crippen LogP contribution is -2.38. The van der Waals surface area contributed by atoms with E-state index in [2.05, 4.69) is 63.3 Å². The second-order valence-electron chi connectivity index (χ2n) is 7.39. The van der Waals surface area contributed by atoms with Gasteiger partial charge in [-0.2, -0.15) is 5.10 Å². The number of hydrogen-bond donors (Lipinski definition) is 3. The van der Waals surface area contributed by atoms with Gasteiger partial charge in [-0.1, -0.05) is 60.7 Å². The van der Waals surface area contributed by atoms with E-state index in [9.17, 15) is 4.79 Å². The van der Waals surface area contributed by atoms with Crippen LogP contribution in [0.2, 0.25) is 0 Å². The molecule has 0 bridgehead atoms. The summed E-state index contributed by atoms with van der Waals surface area (Å²) in [5.41, 5.74) is 4.84. The molecule has 0 spiro atoms. The van der Waals surface area contributed by atoms with Crippen molar-refractivity contribution in [3.8, 4) is 11.3 Å². The van der Waals surface area contributed by atoms with Gasteiger partial charge in [0.25, 0.3) is 5.91 Å². The molecule has 0 saturated heterocycles. The van der Waals surface area contributed by atoms with E-state index >= 15 is 0 Å². The Kier molecular flexibility index (Phi) is 4.58. The summed E-state index contributed by atoms with van der Waals surface area (Å²) in [4.78, 5) is 12.6. The Hall–Kier alpha value is -3.44. The molecule has 0 saturated carbocycles. The average Bonchev–Trinajstić information content (AvgIpc) is 3.27. The van der Waals surface area contributed by atoms with Crippen molar-refractivity contribution in [2.24, 2.45) is 0 Å². The van der Waals surface area contributed by atoms with Crippen molar-refractivity contribution in [2.75, 3.05) is 13.1 Å². The molecule has 1 amide bonds.